The van der Waals surface area contributed by atoms with E-state index >= 15 is 0 Å². The van der Waals surface area contributed by atoms with Crippen LogP contribution in [0.4, 0.5) is 11.8 Å². The molecular formula is C26H33N5O4. The van der Waals surface area contributed by atoms with Gasteiger partial charge in [0.25, 0.3) is 6.47 Å². The number of benzene rings is 2. The monoisotopic (exact) mass is 479 g/mol. The van der Waals surface area contributed by atoms with Crippen molar-refractivity contribution < 1.29 is 19.0 Å². The molecule has 186 valence electrons. The first-order valence-electron chi connectivity index (χ1n) is 11.7. The zero-order chi connectivity index (χ0) is 24.8. The number of aromatic nitrogens is 2. The molecule has 1 saturated heterocycles. The predicted octanol–water partition coefficient (Wildman–Crippen LogP) is 2.87. The average Bonchev–Trinajstić information content (AvgIpc) is 2.89. The normalized spacial score (nSPS) is 15.5. The van der Waals surface area contributed by atoms with Crippen LogP contribution in [0.25, 0.3) is 10.9 Å². The summed E-state index contributed by atoms with van der Waals surface area (Å²) in [6, 6.07) is 14.3. The van der Waals surface area contributed by atoms with Gasteiger partial charge in [-0.3, -0.25) is 9.69 Å². The topological polar surface area (TPSA) is 103 Å². The molecule has 2 N–H and O–H groups in total. The molecule has 4 rings (SSSR count). The SMILES string of the molecule is COc1cc2nc(N(C)CC3(c4ccccc4)CCN(CCOC=O)CC3)nc(N)c2cc1OC. The van der Waals surface area contributed by atoms with Crippen LogP contribution in [0, 0.1) is 0 Å². The summed E-state index contributed by atoms with van der Waals surface area (Å²) in [5, 5.41) is 0.725. The molecule has 0 radical (unpaired) electrons. The van der Waals surface area contributed by atoms with E-state index in [-0.39, 0.29) is 5.41 Å². The molecule has 1 fully saturated rings. The predicted molar refractivity (Wildman–Crippen MR) is 136 cm³/mol. The van der Waals surface area contributed by atoms with Crippen LogP contribution in [-0.2, 0) is 14.9 Å². The quantitative estimate of drug-likeness (QED) is 0.347. The number of nitrogens with two attached hydrogens (primary N) is 1. The molecule has 0 saturated carbocycles. The van der Waals surface area contributed by atoms with Crippen LogP contribution in [0.5, 0.6) is 11.5 Å². The number of fused-ring (bicyclic) bond motifs is 1. The first-order valence-corrected chi connectivity index (χ1v) is 11.7. The lowest BCUT2D eigenvalue weighted by molar-refractivity contribution is -0.129. The molecule has 1 aliphatic rings. The zero-order valence-corrected chi connectivity index (χ0v) is 20.6. The second kappa shape index (κ2) is 10.8. The number of methoxy groups -OCH3 is 2. The molecule has 0 atom stereocenters. The van der Waals surface area contributed by atoms with Gasteiger partial charge in [-0.15, -0.1) is 0 Å². The van der Waals surface area contributed by atoms with Crippen LogP contribution >= 0.6 is 0 Å². The summed E-state index contributed by atoms with van der Waals surface area (Å²) in [6.45, 7) is 4.25. The number of ether oxygens (including phenoxy) is 3. The second-order valence-electron chi connectivity index (χ2n) is 8.94. The van der Waals surface area contributed by atoms with Gasteiger partial charge in [0.2, 0.25) is 5.95 Å². The number of nitrogens with zero attached hydrogens (tertiary/aromatic N) is 4. The Labute approximate surface area is 205 Å². The summed E-state index contributed by atoms with van der Waals surface area (Å²) < 4.78 is 15.8. The highest BCUT2D eigenvalue weighted by molar-refractivity contribution is 5.91. The lowest BCUT2D eigenvalue weighted by Crippen LogP contribution is -2.49. The van der Waals surface area contributed by atoms with Crippen molar-refractivity contribution in [2.45, 2.75) is 18.3 Å². The van der Waals surface area contributed by atoms with Crippen molar-refractivity contribution in [3.05, 3.63) is 48.0 Å². The number of rotatable bonds is 10. The standard InChI is InChI=1S/C26H33N5O4/c1-30(25-28-21-16-23(34-3)22(33-2)15-20(21)24(27)29-25)17-26(19-7-5-4-6-8-19)9-11-31(12-10-26)13-14-35-18-32/h4-8,15-16,18H,9-14,17H2,1-3H3,(H2,27,28,29). The van der Waals surface area contributed by atoms with Crippen molar-refractivity contribution >= 4 is 29.1 Å². The Bertz CT molecular complexity index is 1150. The summed E-state index contributed by atoms with van der Waals surface area (Å²) >= 11 is 0. The number of carbonyl (C=O) groups is 1. The fourth-order valence-corrected chi connectivity index (χ4v) is 4.93. The van der Waals surface area contributed by atoms with E-state index in [1.165, 1.54) is 5.56 Å². The number of likely N-dealkylation sites (N-methyl/N-ethyl adjacent to an activating group) is 1. The van der Waals surface area contributed by atoms with E-state index in [2.05, 4.69) is 39.0 Å². The Hall–Kier alpha value is -3.59. The molecule has 1 aliphatic heterocycles. The van der Waals surface area contributed by atoms with Crippen molar-refractivity contribution in [1.29, 1.82) is 0 Å². The summed E-state index contributed by atoms with van der Waals surface area (Å²) in [4.78, 5) is 24.4. The van der Waals surface area contributed by atoms with Gasteiger partial charge in [0.05, 0.1) is 19.7 Å². The first-order chi connectivity index (χ1) is 17.0. The lowest BCUT2D eigenvalue weighted by atomic mass is 9.72. The van der Waals surface area contributed by atoms with Gasteiger partial charge in [0, 0.05) is 37.0 Å². The summed E-state index contributed by atoms with van der Waals surface area (Å²) in [6.07, 6.45) is 1.94. The molecule has 2 heterocycles. The highest BCUT2D eigenvalue weighted by Gasteiger charge is 2.37. The minimum Gasteiger partial charge on any atom is -0.493 e. The van der Waals surface area contributed by atoms with Crippen molar-refractivity contribution in [3.8, 4) is 11.5 Å². The molecule has 3 aromatic rings. The van der Waals surface area contributed by atoms with Gasteiger partial charge in [-0.05, 0) is 37.6 Å². The highest BCUT2D eigenvalue weighted by atomic mass is 16.5. The van der Waals surface area contributed by atoms with Gasteiger partial charge in [-0.25, -0.2) is 4.98 Å². The molecule has 1 aromatic heterocycles. The summed E-state index contributed by atoms with van der Waals surface area (Å²) in [5.41, 5.74) is 8.29. The highest BCUT2D eigenvalue weighted by Crippen LogP contribution is 2.38. The minimum absolute atomic E-state index is 0.0668. The Balaban J connectivity index is 1.61. The number of hydrogen-bond acceptors (Lipinski definition) is 9. The maximum absolute atomic E-state index is 10.5. The molecule has 0 unspecified atom stereocenters. The third kappa shape index (κ3) is 5.24. The van der Waals surface area contributed by atoms with Gasteiger partial charge in [0.15, 0.2) is 11.5 Å². The van der Waals surface area contributed by atoms with Crippen molar-refractivity contribution in [2.75, 3.05) is 64.7 Å². The average molecular weight is 480 g/mol. The van der Waals surface area contributed by atoms with E-state index in [1.54, 1.807) is 14.2 Å². The molecule has 9 heteroatoms. The van der Waals surface area contributed by atoms with Crippen LogP contribution < -0.4 is 20.1 Å². The van der Waals surface area contributed by atoms with E-state index in [4.69, 9.17) is 24.9 Å². The maximum Gasteiger partial charge on any atom is 0.293 e. The molecule has 0 bridgehead atoms. The zero-order valence-electron chi connectivity index (χ0n) is 20.6. The summed E-state index contributed by atoms with van der Waals surface area (Å²) in [7, 11) is 5.20. The number of hydrogen-bond donors (Lipinski definition) is 1. The number of carbonyl (C=O) groups excluding carboxylic acids is 1. The van der Waals surface area contributed by atoms with E-state index in [9.17, 15) is 4.79 Å². The smallest absolute Gasteiger partial charge is 0.293 e. The fraction of sp³-hybridized carbons (Fsp3) is 0.423. The van der Waals surface area contributed by atoms with Crippen LogP contribution in [0.15, 0.2) is 42.5 Å². The van der Waals surface area contributed by atoms with Crippen molar-refractivity contribution in [1.82, 2.24) is 14.9 Å². The van der Waals surface area contributed by atoms with E-state index in [0.717, 1.165) is 44.4 Å². The number of nitrogen functional groups attached to an aromatic ring is 1. The maximum atomic E-state index is 10.5. The molecule has 2 aromatic carbocycles. The molecule has 35 heavy (non-hydrogen) atoms. The van der Waals surface area contributed by atoms with Crippen LogP contribution in [-0.4, -0.2) is 75.4 Å². The Morgan fingerprint density at radius 2 is 1.77 bits per heavy atom. The van der Waals surface area contributed by atoms with Gasteiger partial charge in [-0.1, -0.05) is 30.3 Å². The Morgan fingerprint density at radius 3 is 2.43 bits per heavy atom. The van der Waals surface area contributed by atoms with Crippen molar-refractivity contribution in [2.24, 2.45) is 0 Å². The van der Waals surface area contributed by atoms with Crippen molar-refractivity contribution in [3.63, 3.8) is 0 Å². The van der Waals surface area contributed by atoms with Gasteiger partial charge >= 0.3 is 0 Å². The van der Waals surface area contributed by atoms with Crippen LogP contribution in [0.1, 0.15) is 18.4 Å². The molecule has 0 aliphatic carbocycles. The number of likely N-dealkylation sites (tertiary alicyclic amines) is 1. The van der Waals surface area contributed by atoms with E-state index in [1.807, 2.05) is 25.2 Å². The van der Waals surface area contributed by atoms with Gasteiger partial charge in [0.1, 0.15) is 12.4 Å². The number of piperidine rings is 1. The molecule has 9 nitrogen and oxygen atoms in total. The van der Waals surface area contributed by atoms with Crippen LogP contribution in [0.3, 0.4) is 0 Å². The minimum atomic E-state index is -0.0668. The van der Waals surface area contributed by atoms with E-state index < -0.39 is 0 Å². The second-order valence-corrected chi connectivity index (χ2v) is 8.94. The van der Waals surface area contributed by atoms with Gasteiger partial charge in [-0.2, -0.15) is 4.98 Å². The lowest BCUT2D eigenvalue weighted by Gasteiger charge is -2.44. The molecule has 0 spiro atoms. The van der Waals surface area contributed by atoms with Gasteiger partial charge < -0.3 is 24.8 Å². The largest absolute Gasteiger partial charge is 0.493 e. The summed E-state index contributed by atoms with van der Waals surface area (Å²) in [5.74, 6) is 2.15. The number of anilines is 2. The first kappa shape index (κ1) is 24.5. The third-order valence-corrected chi connectivity index (χ3v) is 6.89. The molecular weight excluding hydrogens is 446 g/mol. The molecule has 0 amide bonds. The Morgan fingerprint density at radius 1 is 1.09 bits per heavy atom. The van der Waals surface area contributed by atoms with E-state index in [0.29, 0.717) is 41.9 Å². The third-order valence-electron chi connectivity index (χ3n) is 6.89. The Kier molecular flexibility index (Phi) is 7.55. The van der Waals surface area contributed by atoms with Crippen LogP contribution in [0.2, 0.25) is 0 Å². The fourth-order valence-electron chi connectivity index (χ4n) is 4.93.